The third kappa shape index (κ3) is 17.0. The van der Waals surface area contributed by atoms with Gasteiger partial charge in [-0.1, -0.05) is 63.3 Å². The summed E-state index contributed by atoms with van der Waals surface area (Å²) < 4.78 is 21.1. The second-order valence-corrected chi connectivity index (χ2v) is 13.0. The first-order chi connectivity index (χ1) is 27.3. The van der Waals surface area contributed by atoms with Crippen LogP contribution in [0.5, 0.6) is 23.0 Å². The van der Waals surface area contributed by atoms with E-state index in [1.807, 2.05) is 24.3 Å². The summed E-state index contributed by atoms with van der Waals surface area (Å²) in [5, 5.41) is 9.86. The van der Waals surface area contributed by atoms with Crippen LogP contribution in [0, 0.1) is 0 Å². The van der Waals surface area contributed by atoms with E-state index in [1.165, 1.54) is 26.4 Å². The lowest BCUT2D eigenvalue weighted by molar-refractivity contribution is -0.267. The van der Waals surface area contributed by atoms with Crippen molar-refractivity contribution in [1.82, 2.24) is 0 Å². The fourth-order valence-electron chi connectivity index (χ4n) is 5.59. The predicted octanol–water partition coefficient (Wildman–Crippen LogP) is 9.17. The van der Waals surface area contributed by atoms with Gasteiger partial charge in [-0.05, 0) is 110 Å². The Morgan fingerprint density at radius 1 is 0.607 bits per heavy atom. The van der Waals surface area contributed by atoms with Gasteiger partial charge < -0.3 is 28.9 Å². The lowest BCUT2D eigenvalue weighted by Gasteiger charge is -2.10. The number of benzene rings is 3. The summed E-state index contributed by atoms with van der Waals surface area (Å²) in [5.41, 5.74) is 3.71. The third-order valence-electron chi connectivity index (χ3n) is 8.72. The summed E-state index contributed by atoms with van der Waals surface area (Å²) in [7, 11) is 4.42. The lowest BCUT2D eigenvalue weighted by Crippen LogP contribution is -2.05. The minimum atomic E-state index is -0.917. The first-order valence-electron chi connectivity index (χ1n) is 19.2. The van der Waals surface area contributed by atoms with E-state index in [4.69, 9.17) is 33.8 Å². The fourth-order valence-corrected chi connectivity index (χ4v) is 5.59. The van der Waals surface area contributed by atoms with Crippen LogP contribution in [0.3, 0.4) is 0 Å². The van der Waals surface area contributed by atoms with Crippen LogP contribution in [-0.4, -0.2) is 64.2 Å². The molecule has 0 aliphatic heterocycles. The lowest BCUT2D eigenvalue weighted by atomic mass is 9.96. The molecule has 12 heteroatoms. The van der Waals surface area contributed by atoms with Crippen molar-refractivity contribution in [3.63, 3.8) is 0 Å². The number of rotatable bonds is 28. The van der Waals surface area contributed by atoms with Crippen LogP contribution in [0.2, 0.25) is 0 Å². The maximum atomic E-state index is 12.1. The number of aromatic carboxylic acids is 1. The highest BCUT2D eigenvalue weighted by molar-refractivity contribution is 5.89. The SMILES string of the molecule is CCCCOc1ccc(/C=C/C(=O)OOCCCCCCc2ccc(CCCCCCOOc3ccc(/C=C/C(=O)OC)cc3OC)cc2C(=O)O)cc1OC. The van der Waals surface area contributed by atoms with E-state index >= 15 is 0 Å². The molecule has 0 aliphatic carbocycles. The fraction of sp³-hybridized carbons (Fsp3) is 0.432. The maximum Gasteiger partial charge on any atom is 0.365 e. The van der Waals surface area contributed by atoms with Gasteiger partial charge in [0, 0.05) is 12.2 Å². The zero-order valence-corrected chi connectivity index (χ0v) is 33.1. The number of unbranched alkanes of at least 4 members (excludes halogenated alkanes) is 7. The predicted molar refractivity (Wildman–Crippen MR) is 213 cm³/mol. The average Bonchev–Trinajstić information content (AvgIpc) is 3.21. The summed E-state index contributed by atoms with van der Waals surface area (Å²) >= 11 is 0. The van der Waals surface area contributed by atoms with Crippen LogP contribution in [-0.2, 0) is 41.8 Å². The first kappa shape index (κ1) is 45.1. The summed E-state index contributed by atoms with van der Waals surface area (Å²) in [6, 6.07) is 16.4. The molecule has 56 heavy (non-hydrogen) atoms. The molecule has 0 bridgehead atoms. The van der Waals surface area contributed by atoms with Crippen molar-refractivity contribution in [2.45, 2.75) is 84.0 Å². The number of ether oxygens (including phenoxy) is 4. The maximum absolute atomic E-state index is 12.1. The van der Waals surface area contributed by atoms with Gasteiger partial charge in [0.1, 0.15) is 0 Å². The smallest absolute Gasteiger partial charge is 0.365 e. The van der Waals surface area contributed by atoms with E-state index in [0.717, 1.165) is 86.5 Å². The summed E-state index contributed by atoms with van der Waals surface area (Å²) in [5.74, 6) is 0.190. The Kier molecular flexibility index (Phi) is 21.3. The van der Waals surface area contributed by atoms with Crippen molar-refractivity contribution in [2.24, 2.45) is 0 Å². The second kappa shape index (κ2) is 26.5. The molecule has 0 saturated carbocycles. The molecule has 0 amide bonds. The molecule has 0 aromatic heterocycles. The number of carbonyl (C=O) groups excluding carboxylic acids is 2. The van der Waals surface area contributed by atoms with Crippen LogP contribution in [0.25, 0.3) is 12.2 Å². The van der Waals surface area contributed by atoms with Crippen molar-refractivity contribution in [3.8, 4) is 23.0 Å². The van der Waals surface area contributed by atoms with E-state index in [1.54, 1.807) is 49.6 Å². The number of carboxylic acids is 1. The number of aryl methyl sites for hydroxylation is 2. The van der Waals surface area contributed by atoms with Gasteiger partial charge >= 0.3 is 17.9 Å². The Bertz CT molecular complexity index is 1710. The molecule has 0 fully saturated rings. The van der Waals surface area contributed by atoms with E-state index in [0.29, 0.717) is 54.6 Å². The van der Waals surface area contributed by atoms with Crippen molar-refractivity contribution >= 4 is 30.1 Å². The van der Waals surface area contributed by atoms with Gasteiger partial charge in [0.2, 0.25) is 5.75 Å². The molecule has 0 heterocycles. The molecule has 0 radical (unpaired) electrons. The molecule has 1 N–H and O–H groups in total. The Balaban J connectivity index is 1.26. The number of carbonyl (C=O) groups is 3. The molecule has 12 nitrogen and oxygen atoms in total. The van der Waals surface area contributed by atoms with Crippen LogP contribution >= 0.6 is 0 Å². The molecule has 0 atom stereocenters. The molecule has 304 valence electrons. The van der Waals surface area contributed by atoms with Gasteiger partial charge in [-0.15, -0.1) is 0 Å². The number of carboxylic acid groups (broad SMARTS) is 1. The van der Waals surface area contributed by atoms with Crippen molar-refractivity contribution in [1.29, 1.82) is 0 Å². The molecule has 3 aromatic rings. The third-order valence-corrected chi connectivity index (χ3v) is 8.72. The number of methoxy groups -OCH3 is 3. The summed E-state index contributed by atoms with van der Waals surface area (Å²) in [6.07, 6.45) is 16.3. The molecule has 3 aromatic carbocycles. The minimum absolute atomic E-state index is 0.275. The summed E-state index contributed by atoms with van der Waals surface area (Å²) in [6.45, 7) is 3.40. The van der Waals surface area contributed by atoms with Crippen molar-refractivity contribution in [2.75, 3.05) is 41.2 Å². The Morgan fingerprint density at radius 3 is 1.86 bits per heavy atom. The van der Waals surface area contributed by atoms with Gasteiger partial charge in [-0.25, -0.2) is 14.4 Å². The largest absolute Gasteiger partial charge is 0.493 e. The first-order valence-corrected chi connectivity index (χ1v) is 19.2. The zero-order valence-electron chi connectivity index (χ0n) is 33.1. The number of hydrogen-bond donors (Lipinski definition) is 1. The Labute approximate surface area is 330 Å². The van der Waals surface area contributed by atoms with E-state index in [9.17, 15) is 19.5 Å². The molecule has 0 unspecified atom stereocenters. The minimum Gasteiger partial charge on any atom is -0.493 e. The zero-order chi connectivity index (χ0) is 40.4. The van der Waals surface area contributed by atoms with Crippen molar-refractivity contribution < 1.29 is 58.0 Å². The number of esters is 1. The van der Waals surface area contributed by atoms with Crippen LogP contribution < -0.4 is 19.1 Å². The highest BCUT2D eigenvalue weighted by atomic mass is 17.2. The van der Waals surface area contributed by atoms with E-state index in [-0.39, 0.29) is 6.61 Å². The molecule has 3 rings (SSSR count). The topological polar surface area (TPSA) is 145 Å². The Morgan fingerprint density at radius 2 is 1.21 bits per heavy atom. The molecule has 0 aliphatic rings. The van der Waals surface area contributed by atoms with Gasteiger partial charge in [0.05, 0.1) is 46.7 Å². The normalized spacial score (nSPS) is 11.1. The van der Waals surface area contributed by atoms with Gasteiger partial charge in [0.25, 0.3) is 0 Å². The van der Waals surface area contributed by atoms with Crippen molar-refractivity contribution in [3.05, 3.63) is 94.6 Å². The van der Waals surface area contributed by atoms with Gasteiger partial charge in [-0.2, -0.15) is 9.78 Å². The summed E-state index contributed by atoms with van der Waals surface area (Å²) in [4.78, 5) is 56.2. The average molecular weight is 777 g/mol. The number of hydrogen-bond acceptors (Lipinski definition) is 11. The molecular weight excluding hydrogens is 720 g/mol. The molecule has 0 saturated heterocycles. The van der Waals surface area contributed by atoms with E-state index in [2.05, 4.69) is 11.7 Å². The second-order valence-electron chi connectivity index (χ2n) is 13.0. The van der Waals surface area contributed by atoms with Crippen LogP contribution in [0.15, 0.2) is 66.7 Å². The Hall–Kier alpha value is -5.33. The standard InChI is InChI=1S/C44H56O12/c1-5-6-27-52-38-23-18-34(31-40(38)49-2)21-26-43(46)56-54-29-14-10-8-12-16-36-22-17-33(30-37(36)44(47)48)15-11-7-9-13-28-53-55-39-24-19-35(32-41(39)50-3)20-25-42(45)51-4/h17-26,30-32H,5-16,27-29H2,1-4H3,(H,47,48)/b25-20+,26-21+. The highest BCUT2D eigenvalue weighted by Gasteiger charge is 2.12. The molecular formula is C44H56O12. The van der Waals surface area contributed by atoms with Gasteiger partial charge in [-0.3, -0.25) is 4.89 Å². The quantitative estimate of drug-likeness (QED) is 0.0247. The monoisotopic (exact) mass is 776 g/mol. The van der Waals surface area contributed by atoms with Crippen LogP contribution in [0.4, 0.5) is 0 Å². The van der Waals surface area contributed by atoms with Crippen LogP contribution in [0.1, 0.15) is 104 Å². The molecule has 0 spiro atoms. The van der Waals surface area contributed by atoms with Gasteiger partial charge in [0.15, 0.2) is 17.2 Å². The highest BCUT2D eigenvalue weighted by Crippen LogP contribution is 2.30. The van der Waals surface area contributed by atoms with E-state index < -0.39 is 17.9 Å².